The van der Waals surface area contributed by atoms with Crippen molar-refractivity contribution in [2.45, 2.75) is 57.8 Å². The van der Waals surface area contributed by atoms with Crippen LogP contribution in [-0.2, 0) is 27.9 Å². The van der Waals surface area contributed by atoms with Gasteiger partial charge in [-0.3, -0.25) is 9.69 Å². The van der Waals surface area contributed by atoms with Crippen LogP contribution in [0.1, 0.15) is 33.6 Å². The standard InChI is InChI=1S/C17H26N6O3S/c1-4-23-16(7-8-19-23)22-9-5-6-14(17(22)24)20-27(25,26)15-11-21(12-18-15)10-13(2)3/h7-8,11-14,20H,4-6,9-10H2,1-3H3. The maximum atomic E-state index is 12.9. The van der Waals surface area contributed by atoms with Gasteiger partial charge in [0.05, 0.1) is 12.5 Å². The molecular formula is C17H26N6O3S. The highest BCUT2D eigenvalue weighted by Crippen LogP contribution is 2.22. The van der Waals surface area contributed by atoms with Crippen molar-refractivity contribution in [1.29, 1.82) is 0 Å². The minimum absolute atomic E-state index is 0.0633. The fraction of sp³-hybridized carbons (Fsp3) is 0.588. The van der Waals surface area contributed by atoms with Crippen molar-refractivity contribution in [2.24, 2.45) is 5.92 Å². The number of imidazole rings is 1. The maximum Gasteiger partial charge on any atom is 0.260 e. The molecule has 1 unspecified atom stereocenters. The molecule has 2 aromatic heterocycles. The number of piperidine rings is 1. The van der Waals surface area contributed by atoms with Crippen molar-refractivity contribution < 1.29 is 13.2 Å². The van der Waals surface area contributed by atoms with E-state index in [1.54, 1.807) is 26.4 Å². The number of hydrogen-bond acceptors (Lipinski definition) is 5. The van der Waals surface area contributed by atoms with Crippen molar-refractivity contribution >= 4 is 21.7 Å². The molecule has 3 rings (SSSR count). The van der Waals surface area contributed by atoms with E-state index in [4.69, 9.17) is 0 Å². The second-order valence-electron chi connectivity index (χ2n) is 7.11. The third-order valence-corrected chi connectivity index (χ3v) is 5.82. The Labute approximate surface area is 159 Å². The average molecular weight is 395 g/mol. The fourth-order valence-electron chi connectivity index (χ4n) is 3.26. The van der Waals surface area contributed by atoms with Crippen LogP contribution in [0.5, 0.6) is 0 Å². The third kappa shape index (κ3) is 4.22. The largest absolute Gasteiger partial charge is 0.336 e. The van der Waals surface area contributed by atoms with Crippen LogP contribution in [0.3, 0.4) is 0 Å². The molecule has 1 fully saturated rings. The first-order chi connectivity index (χ1) is 12.8. The van der Waals surface area contributed by atoms with Gasteiger partial charge in [-0.2, -0.15) is 9.82 Å². The Kier molecular flexibility index (Phi) is 5.66. The van der Waals surface area contributed by atoms with Gasteiger partial charge in [0.1, 0.15) is 11.9 Å². The van der Waals surface area contributed by atoms with Crippen molar-refractivity contribution in [2.75, 3.05) is 11.4 Å². The summed E-state index contributed by atoms with van der Waals surface area (Å²) in [6, 6.07) is 0.963. The normalized spacial score (nSPS) is 18.4. The van der Waals surface area contributed by atoms with Crippen molar-refractivity contribution in [3.8, 4) is 0 Å². The molecule has 2 aromatic rings. The van der Waals surface area contributed by atoms with Crippen molar-refractivity contribution in [1.82, 2.24) is 24.1 Å². The summed E-state index contributed by atoms with van der Waals surface area (Å²) in [5.74, 6) is 0.800. The molecule has 1 amide bonds. The average Bonchev–Trinajstić information content (AvgIpc) is 3.25. The summed E-state index contributed by atoms with van der Waals surface area (Å²) in [7, 11) is -3.87. The summed E-state index contributed by atoms with van der Waals surface area (Å²) in [5.41, 5.74) is 0. The molecule has 148 valence electrons. The fourth-order valence-corrected chi connectivity index (χ4v) is 4.43. The zero-order valence-corrected chi connectivity index (χ0v) is 16.7. The van der Waals surface area contributed by atoms with Gasteiger partial charge in [0, 0.05) is 31.9 Å². The molecule has 1 aliphatic rings. The van der Waals surface area contributed by atoms with E-state index >= 15 is 0 Å². The maximum absolute atomic E-state index is 12.9. The molecule has 10 heteroatoms. The number of rotatable bonds is 7. The van der Waals surface area contributed by atoms with Crippen molar-refractivity contribution in [3.05, 3.63) is 24.8 Å². The Morgan fingerprint density at radius 3 is 2.85 bits per heavy atom. The molecule has 9 nitrogen and oxygen atoms in total. The predicted octanol–water partition coefficient (Wildman–Crippen LogP) is 1.23. The van der Waals surface area contributed by atoms with Crippen LogP contribution in [0.15, 0.2) is 29.8 Å². The molecular weight excluding hydrogens is 368 g/mol. The highest BCUT2D eigenvalue weighted by molar-refractivity contribution is 7.89. The molecule has 1 N–H and O–H groups in total. The summed E-state index contributed by atoms with van der Waals surface area (Å²) in [4.78, 5) is 18.5. The number of carbonyl (C=O) groups excluding carboxylic acids is 1. The van der Waals surface area contributed by atoms with Crippen molar-refractivity contribution in [3.63, 3.8) is 0 Å². The van der Waals surface area contributed by atoms with Gasteiger partial charge in [0.25, 0.3) is 10.0 Å². The molecule has 3 heterocycles. The monoisotopic (exact) mass is 394 g/mol. The van der Waals surface area contributed by atoms with Crippen LogP contribution in [0, 0.1) is 5.92 Å². The second kappa shape index (κ2) is 7.81. The molecule has 0 aromatic carbocycles. The Morgan fingerprint density at radius 1 is 1.37 bits per heavy atom. The number of sulfonamides is 1. The number of aromatic nitrogens is 4. The number of amides is 1. The van der Waals surface area contributed by atoms with E-state index in [0.29, 0.717) is 44.2 Å². The van der Waals surface area contributed by atoms with Crippen LogP contribution < -0.4 is 9.62 Å². The molecule has 0 aliphatic carbocycles. The lowest BCUT2D eigenvalue weighted by atomic mass is 10.1. The lowest BCUT2D eigenvalue weighted by molar-refractivity contribution is -0.121. The molecule has 1 atom stereocenters. The van der Waals surface area contributed by atoms with E-state index < -0.39 is 16.1 Å². The Balaban J connectivity index is 1.76. The van der Waals surface area contributed by atoms with Crippen LogP contribution in [0.25, 0.3) is 0 Å². The highest BCUT2D eigenvalue weighted by atomic mass is 32.2. The molecule has 0 saturated carbocycles. The third-order valence-electron chi connectivity index (χ3n) is 4.47. The number of aryl methyl sites for hydroxylation is 1. The van der Waals surface area contributed by atoms with Gasteiger partial charge < -0.3 is 4.57 Å². The molecule has 27 heavy (non-hydrogen) atoms. The summed E-state index contributed by atoms with van der Waals surface area (Å²) in [5, 5.41) is 4.13. The second-order valence-corrected chi connectivity index (χ2v) is 8.77. The topological polar surface area (TPSA) is 102 Å². The minimum atomic E-state index is -3.87. The van der Waals surface area contributed by atoms with E-state index in [0.717, 1.165) is 0 Å². The zero-order valence-electron chi connectivity index (χ0n) is 15.9. The summed E-state index contributed by atoms with van der Waals surface area (Å²) < 4.78 is 31.4. The first-order valence-corrected chi connectivity index (χ1v) is 10.7. The summed E-state index contributed by atoms with van der Waals surface area (Å²) in [6.07, 6.45) is 5.81. The van der Waals surface area contributed by atoms with E-state index in [2.05, 4.69) is 14.8 Å². The van der Waals surface area contributed by atoms with Crippen LogP contribution in [0.4, 0.5) is 5.82 Å². The van der Waals surface area contributed by atoms with Crippen LogP contribution in [0.2, 0.25) is 0 Å². The number of hydrogen-bond donors (Lipinski definition) is 1. The SMILES string of the molecule is CCn1nccc1N1CCCC(NS(=O)(=O)c2cn(CC(C)C)cn2)C1=O. The zero-order chi connectivity index (χ0) is 19.6. The Morgan fingerprint density at radius 2 is 2.15 bits per heavy atom. The van der Waals surface area contributed by atoms with Gasteiger partial charge in [-0.05, 0) is 25.7 Å². The number of nitrogens with zero attached hydrogens (tertiary/aromatic N) is 5. The molecule has 0 radical (unpaired) electrons. The first kappa shape index (κ1) is 19.6. The quantitative estimate of drug-likeness (QED) is 0.761. The molecule has 1 saturated heterocycles. The molecule has 0 spiro atoms. The lowest BCUT2D eigenvalue weighted by Crippen LogP contribution is -2.52. The van der Waals surface area contributed by atoms with Crippen LogP contribution >= 0.6 is 0 Å². The summed E-state index contributed by atoms with van der Waals surface area (Å²) >= 11 is 0. The van der Waals surface area contributed by atoms with E-state index in [1.807, 2.05) is 20.8 Å². The van der Waals surface area contributed by atoms with E-state index in [-0.39, 0.29) is 10.9 Å². The number of carbonyl (C=O) groups is 1. The Bertz CT molecular complexity index is 901. The van der Waals surface area contributed by atoms with Gasteiger partial charge in [-0.1, -0.05) is 13.8 Å². The van der Waals surface area contributed by atoms with E-state index in [1.165, 1.54) is 12.5 Å². The number of nitrogens with one attached hydrogen (secondary N) is 1. The smallest absolute Gasteiger partial charge is 0.260 e. The van der Waals surface area contributed by atoms with Gasteiger partial charge >= 0.3 is 0 Å². The first-order valence-electron chi connectivity index (χ1n) is 9.19. The minimum Gasteiger partial charge on any atom is -0.336 e. The van der Waals surface area contributed by atoms with Crippen LogP contribution in [-0.4, -0.2) is 46.2 Å². The number of anilines is 1. The van der Waals surface area contributed by atoms with Gasteiger partial charge in [0.15, 0.2) is 5.03 Å². The van der Waals surface area contributed by atoms with Gasteiger partial charge in [0.2, 0.25) is 5.91 Å². The Hall–Kier alpha value is -2.20. The lowest BCUT2D eigenvalue weighted by Gasteiger charge is -2.32. The molecule has 1 aliphatic heterocycles. The van der Waals surface area contributed by atoms with Gasteiger partial charge in [-0.15, -0.1) is 0 Å². The highest BCUT2D eigenvalue weighted by Gasteiger charge is 2.34. The molecule has 0 bridgehead atoms. The predicted molar refractivity (Wildman–Crippen MR) is 101 cm³/mol. The summed E-state index contributed by atoms with van der Waals surface area (Å²) in [6.45, 7) is 7.89. The van der Waals surface area contributed by atoms with E-state index in [9.17, 15) is 13.2 Å². The van der Waals surface area contributed by atoms with Gasteiger partial charge in [-0.25, -0.2) is 18.1 Å².